The van der Waals surface area contributed by atoms with Crippen LogP contribution in [-0.2, 0) is 10.0 Å². The Kier molecular flexibility index (Phi) is 6.77. The maximum absolute atomic E-state index is 11.8. The van der Waals surface area contributed by atoms with Crippen LogP contribution in [0, 0.1) is 0 Å². The standard InChI is InChI=1S/C12H18BrNO2S/c13-10-6-1-2-7-11-14-17(15,16)12-8-4-3-5-9-12/h3-5,8-9,14H,1-2,6-7,10-11H2. The Morgan fingerprint density at radius 3 is 2.29 bits per heavy atom. The van der Waals surface area contributed by atoms with E-state index in [0.717, 1.165) is 31.0 Å². The van der Waals surface area contributed by atoms with Gasteiger partial charge in [-0.3, -0.25) is 0 Å². The highest BCUT2D eigenvalue weighted by Crippen LogP contribution is 2.07. The molecule has 1 N–H and O–H groups in total. The summed E-state index contributed by atoms with van der Waals surface area (Å²) in [6.45, 7) is 0.513. The van der Waals surface area contributed by atoms with E-state index in [0.29, 0.717) is 11.4 Å². The Bertz CT molecular complexity index is 406. The van der Waals surface area contributed by atoms with Crippen molar-refractivity contribution in [3.63, 3.8) is 0 Å². The lowest BCUT2D eigenvalue weighted by Gasteiger charge is -2.06. The summed E-state index contributed by atoms with van der Waals surface area (Å²) < 4.78 is 26.2. The van der Waals surface area contributed by atoms with E-state index in [1.807, 2.05) is 0 Å². The van der Waals surface area contributed by atoms with Crippen molar-refractivity contribution in [1.82, 2.24) is 4.72 Å². The molecule has 0 aliphatic rings. The van der Waals surface area contributed by atoms with E-state index in [-0.39, 0.29) is 0 Å². The SMILES string of the molecule is O=S(=O)(NCCCCCCBr)c1ccccc1. The number of nitrogens with one attached hydrogen (secondary N) is 1. The van der Waals surface area contributed by atoms with Gasteiger partial charge < -0.3 is 0 Å². The molecule has 0 bridgehead atoms. The number of halogens is 1. The van der Waals surface area contributed by atoms with Crippen molar-refractivity contribution in [2.24, 2.45) is 0 Å². The minimum absolute atomic E-state index is 0.334. The van der Waals surface area contributed by atoms with Gasteiger partial charge in [0.1, 0.15) is 0 Å². The number of rotatable bonds is 8. The van der Waals surface area contributed by atoms with Crippen molar-refractivity contribution < 1.29 is 8.42 Å². The van der Waals surface area contributed by atoms with Gasteiger partial charge in [0.15, 0.2) is 0 Å². The molecule has 17 heavy (non-hydrogen) atoms. The van der Waals surface area contributed by atoms with Gasteiger partial charge in [-0.1, -0.05) is 47.0 Å². The molecule has 0 radical (unpaired) electrons. The van der Waals surface area contributed by atoms with Gasteiger partial charge in [-0.15, -0.1) is 0 Å². The van der Waals surface area contributed by atoms with Crippen molar-refractivity contribution in [3.05, 3.63) is 30.3 Å². The van der Waals surface area contributed by atoms with Crippen molar-refractivity contribution in [3.8, 4) is 0 Å². The number of hydrogen-bond donors (Lipinski definition) is 1. The maximum Gasteiger partial charge on any atom is 0.240 e. The second-order valence-corrected chi connectivity index (χ2v) is 6.37. The van der Waals surface area contributed by atoms with Crippen molar-refractivity contribution >= 4 is 26.0 Å². The number of hydrogen-bond acceptors (Lipinski definition) is 2. The smallest absolute Gasteiger partial charge is 0.211 e. The number of benzene rings is 1. The molecule has 0 heterocycles. The van der Waals surface area contributed by atoms with Crippen LogP contribution in [0.4, 0.5) is 0 Å². The predicted molar refractivity (Wildman–Crippen MR) is 73.9 cm³/mol. The first kappa shape index (κ1) is 14.7. The zero-order chi connectivity index (χ0) is 12.6. The average Bonchev–Trinajstić information content (AvgIpc) is 2.35. The van der Waals surface area contributed by atoms with E-state index in [1.165, 1.54) is 0 Å². The summed E-state index contributed by atoms with van der Waals surface area (Å²) in [6.07, 6.45) is 4.23. The van der Waals surface area contributed by atoms with Crippen LogP contribution in [0.15, 0.2) is 35.2 Å². The summed E-state index contributed by atoms with van der Waals surface area (Å²) in [7, 11) is -3.31. The highest BCUT2D eigenvalue weighted by molar-refractivity contribution is 9.09. The molecule has 0 saturated carbocycles. The van der Waals surface area contributed by atoms with Crippen molar-refractivity contribution in [2.75, 3.05) is 11.9 Å². The highest BCUT2D eigenvalue weighted by atomic mass is 79.9. The zero-order valence-corrected chi connectivity index (χ0v) is 12.1. The minimum atomic E-state index is -3.31. The third-order valence-corrected chi connectivity index (χ3v) is 4.44. The van der Waals surface area contributed by atoms with Gasteiger partial charge in [0, 0.05) is 11.9 Å². The van der Waals surface area contributed by atoms with E-state index < -0.39 is 10.0 Å². The molecule has 3 nitrogen and oxygen atoms in total. The lowest BCUT2D eigenvalue weighted by atomic mass is 10.2. The fourth-order valence-electron chi connectivity index (χ4n) is 1.46. The lowest BCUT2D eigenvalue weighted by Crippen LogP contribution is -2.24. The van der Waals surface area contributed by atoms with Crippen LogP contribution < -0.4 is 4.72 Å². The Morgan fingerprint density at radius 2 is 1.65 bits per heavy atom. The van der Waals surface area contributed by atoms with Crippen LogP contribution in [0.5, 0.6) is 0 Å². The molecule has 0 amide bonds. The van der Waals surface area contributed by atoms with Crippen LogP contribution >= 0.6 is 15.9 Å². The second-order valence-electron chi connectivity index (χ2n) is 3.81. The Morgan fingerprint density at radius 1 is 1.00 bits per heavy atom. The van der Waals surface area contributed by atoms with E-state index >= 15 is 0 Å². The molecule has 96 valence electrons. The monoisotopic (exact) mass is 319 g/mol. The number of alkyl halides is 1. The fraction of sp³-hybridized carbons (Fsp3) is 0.500. The molecule has 0 spiro atoms. The van der Waals surface area contributed by atoms with Gasteiger partial charge in [-0.05, 0) is 25.0 Å². The van der Waals surface area contributed by atoms with Gasteiger partial charge in [-0.25, -0.2) is 13.1 Å². The van der Waals surface area contributed by atoms with Crippen molar-refractivity contribution in [2.45, 2.75) is 30.6 Å². The molecular weight excluding hydrogens is 302 g/mol. The van der Waals surface area contributed by atoms with Crippen LogP contribution in [0.25, 0.3) is 0 Å². The molecule has 0 saturated heterocycles. The Hall–Kier alpha value is -0.390. The van der Waals surface area contributed by atoms with E-state index in [9.17, 15) is 8.42 Å². The number of sulfonamides is 1. The van der Waals surface area contributed by atoms with E-state index in [2.05, 4.69) is 20.7 Å². The van der Waals surface area contributed by atoms with Gasteiger partial charge in [0.2, 0.25) is 10.0 Å². The van der Waals surface area contributed by atoms with Crippen LogP contribution in [0.2, 0.25) is 0 Å². The van der Waals surface area contributed by atoms with Gasteiger partial charge in [-0.2, -0.15) is 0 Å². The Balaban J connectivity index is 2.31. The lowest BCUT2D eigenvalue weighted by molar-refractivity contribution is 0.574. The first-order valence-electron chi connectivity index (χ1n) is 5.77. The third-order valence-electron chi connectivity index (χ3n) is 2.41. The van der Waals surface area contributed by atoms with Crippen molar-refractivity contribution in [1.29, 1.82) is 0 Å². The summed E-state index contributed by atoms with van der Waals surface area (Å²) in [5.74, 6) is 0. The zero-order valence-electron chi connectivity index (χ0n) is 9.73. The molecule has 0 atom stereocenters. The number of unbranched alkanes of at least 4 members (excludes halogenated alkanes) is 3. The molecular formula is C12H18BrNO2S. The Labute approximate surface area is 112 Å². The van der Waals surface area contributed by atoms with E-state index in [4.69, 9.17) is 0 Å². The molecule has 0 aliphatic carbocycles. The van der Waals surface area contributed by atoms with E-state index in [1.54, 1.807) is 30.3 Å². The molecule has 1 aromatic carbocycles. The summed E-state index contributed by atoms with van der Waals surface area (Å²) in [4.78, 5) is 0.334. The normalized spacial score (nSPS) is 11.6. The third kappa shape index (κ3) is 5.66. The minimum Gasteiger partial charge on any atom is -0.211 e. The first-order chi connectivity index (χ1) is 8.17. The molecule has 0 aromatic heterocycles. The highest BCUT2D eigenvalue weighted by Gasteiger charge is 2.11. The topological polar surface area (TPSA) is 46.2 Å². The van der Waals surface area contributed by atoms with Crippen LogP contribution in [-0.4, -0.2) is 20.3 Å². The van der Waals surface area contributed by atoms with Gasteiger partial charge in [0.05, 0.1) is 4.90 Å². The molecule has 0 unspecified atom stereocenters. The average molecular weight is 320 g/mol. The fourth-order valence-corrected chi connectivity index (χ4v) is 2.95. The molecule has 5 heteroatoms. The summed E-state index contributed by atoms with van der Waals surface area (Å²) >= 11 is 3.37. The maximum atomic E-state index is 11.8. The summed E-state index contributed by atoms with van der Waals surface area (Å²) in [6, 6.07) is 8.47. The molecule has 0 fully saturated rings. The summed E-state index contributed by atoms with van der Waals surface area (Å²) in [5, 5.41) is 1.02. The van der Waals surface area contributed by atoms with Gasteiger partial charge in [0.25, 0.3) is 0 Å². The first-order valence-corrected chi connectivity index (χ1v) is 8.38. The van der Waals surface area contributed by atoms with Crippen LogP contribution in [0.1, 0.15) is 25.7 Å². The largest absolute Gasteiger partial charge is 0.240 e. The van der Waals surface area contributed by atoms with Crippen LogP contribution in [0.3, 0.4) is 0 Å². The quantitative estimate of drug-likeness (QED) is 0.591. The second kappa shape index (κ2) is 7.84. The molecule has 0 aliphatic heterocycles. The predicted octanol–water partition coefficient (Wildman–Crippen LogP) is 2.92. The summed E-state index contributed by atoms with van der Waals surface area (Å²) in [5.41, 5.74) is 0. The molecule has 1 rings (SSSR count). The molecule has 1 aromatic rings. The van der Waals surface area contributed by atoms with Gasteiger partial charge >= 0.3 is 0 Å².